The van der Waals surface area contributed by atoms with Crippen LogP contribution in [-0.4, -0.2) is 16.8 Å². The number of carbonyl (C=O) groups excluding carboxylic acids is 2. The second kappa shape index (κ2) is 7.40. The third-order valence-electron chi connectivity index (χ3n) is 4.06. The van der Waals surface area contributed by atoms with Crippen LogP contribution >= 0.6 is 11.3 Å². The number of hydrogen-bond acceptors (Lipinski definition) is 4. The van der Waals surface area contributed by atoms with Gasteiger partial charge < -0.3 is 10.6 Å². The molecule has 2 N–H and O–H groups in total. The second-order valence-corrected chi connectivity index (χ2v) is 6.68. The molecule has 2 amide bonds. The Balaban J connectivity index is 1.53. The summed E-state index contributed by atoms with van der Waals surface area (Å²) in [5, 5.41) is 8.23. The minimum absolute atomic E-state index is 0.0904. The highest BCUT2D eigenvalue weighted by Gasteiger charge is 2.22. The van der Waals surface area contributed by atoms with Crippen molar-refractivity contribution in [3.05, 3.63) is 53.6 Å². The number of amides is 2. The van der Waals surface area contributed by atoms with Crippen molar-refractivity contribution in [1.82, 2.24) is 4.98 Å². The van der Waals surface area contributed by atoms with Crippen LogP contribution in [0.3, 0.4) is 0 Å². The number of hydrogen-bond donors (Lipinski definition) is 2. The molecule has 0 unspecified atom stereocenters. The lowest BCUT2D eigenvalue weighted by molar-refractivity contribution is -0.115. The SMILES string of the molecule is C=CC(=O)Nc1ccc(CC(=O)Nc2nc(C3CCC3)cs2)cc1. The predicted molar refractivity (Wildman–Crippen MR) is 96.3 cm³/mol. The topological polar surface area (TPSA) is 71.1 Å². The van der Waals surface area contributed by atoms with Crippen LogP contribution in [0.1, 0.15) is 36.4 Å². The Labute approximate surface area is 144 Å². The maximum Gasteiger partial charge on any atom is 0.247 e. The Bertz CT molecular complexity index is 748. The molecule has 3 rings (SSSR count). The fourth-order valence-corrected chi connectivity index (χ4v) is 3.29. The smallest absolute Gasteiger partial charge is 0.247 e. The lowest BCUT2D eigenvalue weighted by atomic mass is 9.83. The Morgan fingerprint density at radius 1 is 1.25 bits per heavy atom. The van der Waals surface area contributed by atoms with Crippen molar-refractivity contribution >= 4 is 34.0 Å². The highest BCUT2D eigenvalue weighted by Crippen LogP contribution is 2.37. The molecule has 6 heteroatoms. The number of carbonyl (C=O) groups is 2. The molecule has 1 aromatic carbocycles. The lowest BCUT2D eigenvalue weighted by Gasteiger charge is -2.22. The third kappa shape index (κ3) is 4.08. The van der Waals surface area contributed by atoms with E-state index in [1.807, 2.05) is 17.5 Å². The van der Waals surface area contributed by atoms with Crippen LogP contribution < -0.4 is 10.6 Å². The van der Waals surface area contributed by atoms with Gasteiger partial charge in [0.05, 0.1) is 12.1 Å². The van der Waals surface area contributed by atoms with Gasteiger partial charge in [-0.3, -0.25) is 9.59 Å². The van der Waals surface area contributed by atoms with Gasteiger partial charge in [-0.25, -0.2) is 4.98 Å². The Morgan fingerprint density at radius 2 is 2.00 bits per heavy atom. The molecule has 1 aromatic heterocycles. The van der Waals surface area contributed by atoms with Crippen molar-refractivity contribution in [3.8, 4) is 0 Å². The van der Waals surface area contributed by atoms with Gasteiger partial charge in [0.25, 0.3) is 0 Å². The Kier molecular flexibility index (Phi) is 5.05. The van der Waals surface area contributed by atoms with Crippen LogP contribution in [0.4, 0.5) is 10.8 Å². The predicted octanol–water partition coefficient (Wildman–Crippen LogP) is 3.72. The minimum Gasteiger partial charge on any atom is -0.323 e. The van der Waals surface area contributed by atoms with E-state index in [-0.39, 0.29) is 18.2 Å². The second-order valence-electron chi connectivity index (χ2n) is 5.82. The van der Waals surface area contributed by atoms with Crippen molar-refractivity contribution in [2.75, 3.05) is 10.6 Å². The number of nitrogens with zero attached hydrogens (tertiary/aromatic N) is 1. The van der Waals surface area contributed by atoms with Crippen molar-refractivity contribution in [2.45, 2.75) is 31.6 Å². The summed E-state index contributed by atoms with van der Waals surface area (Å²) in [7, 11) is 0. The average molecular weight is 341 g/mol. The van der Waals surface area contributed by atoms with E-state index < -0.39 is 0 Å². The van der Waals surface area contributed by atoms with Gasteiger partial charge in [0.15, 0.2) is 5.13 Å². The first kappa shape index (κ1) is 16.4. The van der Waals surface area contributed by atoms with E-state index >= 15 is 0 Å². The van der Waals surface area contributed by atoms with E-state index in [1.165, 1.54) is 36.7 Å². The van der Waals surface area contributed by atoms with Crippen LogP contribution in [0.15, 0.2) is 42.3 Å². The van der Waals surface area contributed by atoms with Crippen molar-refractivity contribution in [1.29, 1.82) is 0 Å². The van der Waals surface area contributed by atoms with Gasteiger partial charge in [-0.05, 0) is 36.6 Å². The van der Waals surface area contributed by atoms with Gasteiger partial charge in [0.1, 0.15) is 0 Å². The minimum atomic E-state index is -0.258. The number of rotatable bonds is 6. The summed E-state index contributed by atoms with van der Waals surface area (Å²) in [6, 6.07) is 7.17. The van der Waals surface area contributed by atoms with Gasteiger partial charge in [0.2, 0.25) is 11.8 Å². The number of anilines is 2. The molecular formula is C18H19N3O2S. The Morgan fingerprint density at radius 3 is 2.62 bits per heavy atom. The van der Waals surface area contributed by atoms with Gasteiger partial charge >= 0.3 is 0 Å². The van der Waals surface area contributed by atoms with Crippen molar-refractivity contribution < 1.29 is 9.59 Å². The number of nitrogens with one attached hydrogen (secondary N) is 2. The molecule has 0 radical (unpaired) electrons. The molecule has 0 bridgehead atoms. The summed E-state index contributed by atoms with van der Waals surface area (Å²) in [5.74, 6) is 0.226. The number of thiazole rings is 1. The van der Waals surface area contributed by atoms with Gasteiger partial charge in [0, 0.05) is 17.0 Å². The normalized spacial score (nSPS) is 13.8. The molecule has 0 spiro atoms. The maximum absolute atomic E-state index is 12.1. The largest absolute Gasteiger partial charge is 0.323 e. The van der Waals surface area contributed by atoms with Gasteiger partial charge in [-0.15, -0.1) is 11.3 Å². The zero-order valence-electron chi connectivity index (χ0n) is 13.2. The quantitative estimate of drug-likeness (QED) is 0.787. The standard InChI is InChI=1S/C18H19N3O2S/c1-2-16(22)19-14-8-6-12(7-9-14)10-17(23)21-18-20-15(11-24-18)13-4-3-5-13/h2,6-9,11,13H,1,3-5,10H2,(H,19,22)(H,20,21,23). The molecular weight excluding hydrogens is 322 g/mol. The molecule has 1 aliphatic rings. The third-order valence-corrected chi connectivity index (χ3v) is 4.84. The molecule has 2 aromatic rings. The first-order valence-electron chi connectivity index (χ1n) is 7.91. The van der Waals surface area contributed by atoms with Crippen LogP contribution in [0.5, 0.6) is 0 Å². The molecule has 0 saturated heterocycles. The fraction of sp³-hybridized carbons (Fsp3) is 0.278. The first-order valence-corrected chi connectivity index (χ1v) is 8.79. The van der Waals surface area contributed by atoms with Crippen molar-refractivity contribution in [2.24, 2.45) is 0 Å². The van der Waals surface area contributed by atoms with Crippen molar-refractivity contribution in [3.63, 3.8) is 0 Å². The molecule has 1 saturated carbocycles. The van der Waals surface area contributed by atoms with Gasteiger partial charge in [-0.2, -0.15) is 0 Å². The van der Waals surface area contributed by atoms with Crippen LogP contribution in [-0.2, 0) is 16.0 Å². The monoisotopic (exact) mass is 341 g/mol. The number of benzene rings is 1. The molecule has 0 atom stereocenters. The van der Waals surface area contributed by atoms with E-state index in [9.17, 15) is 9.59 Å². The summed E-state index contributed by atoms with van der Waals surface area (Å²) in [4.78, 5) is 27.8. The highest BCUT2D eigenvalue weighted by molar-refractivity contribution is 7.13. The lowest BCUT2D eigenvalue weighted by Crippen LogP contribution is -2.15. The van der Waals surface area contributed by atoms with E-state index in [2.05, 4.69) is 22.2 Å². The van der Waals surface area contributed by atoms with E-state index in [1.54, 1.807) is 12.1 Å². The summed E-state index contributed by atoms with van der Waals surface area (Å²) in [6.07, 6.45) is 5.16. The van der Waals surface area contributed by atoms with E-state index in [4.69, 9.17) is 0 Å². The van der Waals surface area contributed by atoms with E-state index in [0.29, 0.717) is 16.7 Å². The summed E-state index contributed by atoms with van der Waals surface area (Å²) < 4.78 is 0. The average Bonchev–Trinajstić information content (AvgIpc) is 2.95. The van der Waals surface area contributed by atoms with Crippen LogP contribution in [0.2, 0.25) is 0 Å². The molecule has 1 aliphatic carbocycles. The first-order chi connectivity index (χ1) is 11.6. The molecule has 1 fully saturated rings. The molecule has 1 heterocycles. The molecule has 24 heavy (non-hydrogen) atoms. The zero-order valence-corrected chi connectivity index (χ0v) is 14.1. The summed E-state index contributed by atoms with van der Waals surface area (Å²) in [5.41, 5.74) is 2.65. The molecule has 5 nitrogen and oxygen atoms in total. The highest BCUT2D eigenvalue weighted by atomic mass is 32.1. The Hall–Kier alpha value is -2.47. The van der Waals surface area contributed by atoms with Crippen LogP contribution in [0.25, 0.3) is 0 Å². The summed E-state index contributed by atoms with van der Waals surface area (Å²) in [6.45, 7) is 3.41. The number of aromatic nitrogens is 1. The van der Waals surface area contributed by atoms with Gasteiger partial charge in [-0.1, -0.05) is 25.1 Å². The molecule has 124 valence electrons. The maximum atomic E-state index is 12.1. The zero-order chi connectivity index (χ0) is 16.9. The van der Waals surface area contributed by atoms with Crippen LogP contribution in [0, 0.1) is 0 Å². The molecule has 0 aliphatic heterocycles. The van der Waals surface area contributed by atoms with E-state index in [0.717, 1.165) is 11.3 Å². The summed E-state index contributed by atoms with van der Waals surface area (Å²) >= 11 is 1.48. The fourth-order valence-electron chi connectivity index (χ4n) is 2.48.